The molecule has 0 saturated carbocycles. The van der Waals surface area contributed by atoms with Gasteiger partial charge in [0.25, 0.3) is 0 Å². The number of hydrogen-bond donors (Lipinski definition) is 1. The molecule has 2 aromatic rings. The van der Waals surface area contributed by atoms with E-state index < -0.39 is 0 Å². The zero-order valence-electron chi connectivity index (χ0n) is 16.9. The Morgan fingerprint density at radius 2 is 1.86 bits per heavy atom. The monoisotopic (exact) mass is 380 g/mol. The number of aryl methyl sites for hydroxylation is 1. The van der Waals surface area contributed by atoms with E-state index in [4.69, 9.17) is 0 Å². The van der Waals surface area contributed by atoms with Crippen LogP contribution in [0.15, 0.2) is 36.7 Å². The third kappa shape index (κ3) is 4.77. The highest BCUT2D eigenvalue weighted by Crippen LogP contribution is 2.24. The molecule has 28 heavy (non-hydrogen) atoms. The topological polar surface area (TPSA) is 52.5 Å². The van der Waals surface area contributed by atoms with Gasteiger partial charge in [0.1, 0.15) is 0 Å². The first kappa shape index (κ1) is 19.5. The maximum Gasteiger partial charge on any atom is 0.159 e. The van der Waals surface area contributed by atoms with Crippen molar-refractivity contribution in [1.29, 1.82) is 0 Å². The standard InChI is InChI=1S/C23H32N4O/c1-18-4-2-5-21(12-18)23-24-13-20(14-25-23)15-26-9-3-6-22(16-26)27-10-7-19(17-28)8-11-27/h2,4-5,12-14,19,22,28H,3,6-11,15-17H2,1H3/t22-/m0/s1. The molecule has 0 radical (unpaired) electrons. The van der Waals surface area contributed by atoms with Gasteiger partial charge < -0.3 is 5.11 Å². The molecule has 2 aliphatic rings. The van der Waals surface area contributed by atoms with Crippen LogP contribution < -0.4 is 0 Å². The summed E-state index contributed by atoms with van der Waals surface area (Å²) < 4.78 is 0. The summed E-state index contributed by atoms with van der Waals surface area (Å²) >= 11 is 0. The van der Waals surface area contributed by atoms with E-state index >= 15 is 0 Å². The fraction of sp³-hybridized carbons (Fsp3) is 0.565. The van der Waals surface area contributed by atoms with Crippen LogP contribution in [0.25, 0.3) is 11.4 Å². The zero-order chi connectivity index (χ0) is 19.3. The molecule has 1 aromatic heterocycles. The second-order valence-corrected chi connectivity index (χ2v) is 8.48. The molecule has 5 nitrogen and oxygen atoms in total. The van der Waals surface area contributed by atoms with Crippen molar-refractivity contribution < 1.29 is 5.11 Å². The van der Waals surface area contributed by atoms with Crippen molar-refractivity contribution in [2.45, 2.75) is 45.2 Å². The first-order valence-electron chi connectivity index (χ1n) is 10.7. The van der Waals surface area contributed by atoms with Gasteiger partial charge in [-0.25, -0.2) is 9.97 Å². The van der Waals surface area contributed by atoms with Crippen molar-refractivity contribution in [2.75, 3.05) is 32.8 Å². The molecule has 0 unspecified atom stereocenters. The Morgan fingerprint density at radius 3 is 2.57 bits per heavy atom. The minimum atomic E-state index is 0.350. The molecular formula is C23H32N4O. The summed E-state index contributed by atoms with van der Waals surface area (Å²) in [7, 11) is 0. The summed E-state index contributed by atoms with van der Waals surface area (Å²) in [5, 5.41) is 9.36. The minimum absolute atomic E-state index is 0.350. The molecule has 150 valence electrons. The quantitative estimate of drug-likeness (QED) is 0.864. The molecule has 1 atom stereocenters. The van der Waals surface area contributed by atoms with Crippen LogP contribution in [0.3, 0.4) is 0 Å². The van der Waals surface area contributed by atoms with Gasteiger partial charge in [0.15, 0.2) is 5.82 Å². The molecule has 5 heteroatoms. The molecule has 3 heterocycles. The Morgan fingerprint density at radius 1 is 1.07 bits per heavy atom. The molecule has 2 aliphatic heterocycles. The average Bonchev–Trinajstić information content (AvgIpc) is 2.74. The molecule has 0 bridgehead atoms. The third-order valence-corrected chi connectivity index (χ3v) is 6.29. The second-order valence-electron chi connectivity index (χ2n) is 8.48. The van der Waals surface area contributed by atoms with Crippen LogP contribution in [-0.4, -0.2) is 63.7 Å². The lowest BCUT2D eigenvalue weighted by atomic mass is 9.94. The van der Waals surface area contributed by atoms with E-state index in [-0.39, 0.29) is 0 Å². The van der Waals surface area contributed by atoms with Crippen LogP contribution in [0.4, 0.5) is 0 Å². The van der Waals surface area contributed by atoms with Crippen LogP contribution in [0.5, 0.6) is 0 Å². The number of hydrogen-bond acceptors (Lipinski definition) is 5. The van der Waals surface area contributed by atoms with Crippen molar-refractivity contribution in [1.82, 2.24) is 19.8 Å². The van der Waals surface area contributed by atoms with E-state index in [1.165, 1.54) is 24.0 Å². The molecule has 0 aliphatic carbocycles. The highest BCUT2D eigenvalue weighted by Gasteiger charge is 2.28. The van der Waals surface area contributed by atoms with Gasteiger partial charge in [-0.3, -0.25) is 9.80 Å². The predicted molar refractivity (Wildman–Crippen MR) is 112 cm³/mol. The smallest absolute Gasteiger partial charge is 0.159 e. The molecule has 4 rings (SSSR count). The minimum Gasteiger partial charge on any atom is -0.396 e. The second kappa shape index (κ2) is 9.12. The van der Waals surface area contributed by atoms with Gasteiger partial charge in [-0.05, 0) is 64.2 Å². The van der Waals surface area contributed by atoms with Gasteiger partial charge in [-0.1, -0.05) is 23.8 Å². The van der Waals surface area contributed by atoms with Gasteiger partial charge in [0.05, 0.1) is 0 Å². The summed E-state index contributed by atoms with van der Waals surface area (Å²) in [5.41, 5.74) is 3.50. The van der Waals surface area contributed by atoms with Gasteiger partial charge in [0, 0.05) is 49.3 Å². The number of aromatic nitrogens is 2. The fourth-order valence-corrected chi connectivity index (χ4v) is 4.60. The highest BCUT2D eigenvalue weighted by molar-refractivity contribution is 5.55. The normalized spacial score (nSPS) is 22.4. The Bertz CT molecular complexity index is 755. The number of likely N-dealkylation sites (tertiary alicyclic amines) is 2. The number of aliphatic hydroxyl groups is 1. The lowest BCUT2D eigenvalue weighted by molar-refractivity contribution is 0.0543. The van der Waals surface area contributed by atoms with E-state index in [1.807, 2.05) is 12.4 Å². The third-order valence-electron chi connectivity index (χ3n) is 6.29. The summed E-state index contributed by atoms with van der Waals surface area (Å²) in [4.78, 5) is 14.4. The SMILES string of the molecule is Cc1cccc(-c2ncc(CN3CCC[C@H](N4CCC(CO)CC4)C3)cn2)c1. The summed E-state index contributed by atoms with van der Waals surface area (Å²) in [6.45, 7) is 7.93. The Kier molecular flexibility index (Phi) is 6.35. The van der Waals surface area contributed by atoms with Crippen LogP contribution in [0.1, 0.15) is 36.8 Å². The Labute approximate surface area is 168 Å². The maximum absolute atomic E-state index is 9.36. The first-order valence-corrected chi connectivity index (χ1v) is 10.7. The van der Waals surface area contributed by atoms with Crippen LogP contribution >= 0.6 is 0 Å². The van der Waals surface area contributed by atoms with E-state index in [0.717, 1.165) is 57.0 Å². The van der Waals surface area contributed by atoms with E-state index in [1.54, 1.807) is 0 Å². The summed E-state index contributed by atoms with van der Waals surface area (Å²) in [6.07, 6.45) is 8.81. The number of piperidine rings is 2. The summed E-state index contributed by atoms with van der Waals surface area (Å²) in [6, 6.07) is 9.00. The van der Waals surface area contributed by atoms with Gasteiger partial charge >= 0.3 is 0 Å². The first-order chi connectivity index (χ1) is 13.7. The lowest BCUT2D eigenvalue weighted by Crippen LogP contribution is -2.50. The van der Waals surface area contributed by atoms with Crippen LogP contribution in [0, 0.1) is 12.8 Å². The van der Waals surface area contributed by atoms with Crippen molar-refractivity contribution in [3.05, 3.63) is 47.8 Å². The zero-order valence-corrected chi connectivity index (χ0v) is 16.9. The number of nitrogens with zero attached hydrogens (tertiary/aromatic N) is 4. The number of aliphatic hydroxyl groups excluding tert-OH is 1. The molecule has 0 amide bonds. The summed E-state index contributed by atoms with van der Waals surface area (Å²) in [5.74, 6) is 1.32. The van der Waals surface area contributed by atoms with Crippen LogP contribution in [-0.2, 0) is 6.54 Å². The molecule has 1 N–H and O–H groups in total. The predicted octanol–water partition coefficient (Wildman–Crippen LogP) is 3.12. The van der Waals surface area contributed by atoms with Crippen molar-refractivity contribution in [3.8, 4) is 11.4 Å². The number of rotatable bonds is 5. The Balaban J connectivity index is 1.34. The van der Waals surface area contributed by atoms with Gasteiger partial charge in [-0.2, -0.15) is 0 Å². The number of benzene rings is 1. The molecule has 1 aromatic carbocycles. The van der Waals surface area contributed by atoms with Gasteiger partial charge in [-0.15, -0.1) is 0 Å². The van der Waals surface area contributed by atoms with E-state index in [2.05, 4.69) is 51.0 Å². The lowest BCUT2D eigenvalue weighted by Gasteiger charge is -2.42. The Hall–Kier alpha value is -1.82. The molecule has 0 spiro atoms. The van der Waals surface area contributed by atoms with Crippen molar-refractivity contribution in [3.63, 3.8) is 0 Å². The largest absolute Gasteiger partial charge is 0.396 e. The van der Waals surface area contributed by atoms with Crippen LogP contribution in [0.2, 0.25) is 0 Å². The van der Waals surface area contributed by atoms with E-state index in [0.29, 0.717) is 18.6 Å². The fourth-order valence-electron chi connectivity index (χ4n) is 4.60. The highest BCUT2D eigenvalue weighted by atomic mass is 16.3. The van der Waals surface area contributed by atoms with Crippen molar-refractivity contribution in [2.24, 2.45) is 5.92 Å². The van der Waals surface area contributed by atoms with Gasteiger partial charge in [0.2, 0.25) is 0 Å². The maximum atomic E-state index is 9.36. The molecule has 2 fully saturated rings. The molecular weight excluding hydrogens is 348 g/mol. The molecule has 2 saturated heterocycles. The average molecular weight is 381 g/mol. The van der Waals surface area contributed by atoms with E-state index in [9.17, 15) is 5.11 Å². The van der Waals surface area contributed by atoms with Crippen molar-refractivity contribution >= 4 is 0 Å².